The zero-order chi connectivity index (χ0) is 13.4. The van der Waals surface area contributed by atoms with E-state index in [1.807, 2.05) is 6.92 Å². The molecule has 5 heteroatoms. The molecule has 1 rings (SSSR count). The van der Waals surface area contributed by atoms with E-state index in [2.05, 4.69) is 22.5 Å². The predicted molar refractivity (Wildman–Crippen MR) is 72.2 cm³/mol. The van der Waals surface area contributed by atoms with E-state index < -0.39 is 5.97 Å². The molecular formula is C13H21N3O2. The van der Waals surface area contributed by atoms with Crippen LogP contribution < -0.4 is 10.6 Å². The first-order valence-corrected chi connectivity index (χ1v) is 6.36. The van der Waals surface area contributed by atoms with Gasteiger partial charge in [0, 0.05) is 12.2 Å². The molecular weight excluding hydrogens is 230 g/mol. The fourth-order valence-electron chi connectivity index (χ4n) is 1.59. The van der Waals surface area contributed by atoms with Gasteiger partial charge in [0.2, 0.25) is 0 Å². The average Bonchev–Trinajstić information content (AvgIpc) is 2.38. The van der Waals surface area contributed by atoms with Crippen molar-refractivity contribution < 1.29 is 9.90 Å². The number of rotatable bonds is 8. The Morgan fingerprint density at radius 2 is 2.11 bits per heavy atom. The molecule has 0 unspecified atom stereocenters. The van der Waals surface area contributed by atoms with Crippen LogP contribution in [0.2, 0.25) is 0 Å². The van der Waals surface area contributed by atoms with Crippen LogP contribution in [-0.4, -0.2) is 35.7 Å². The van der Waals surface area contributed by atoms with Gasteiger partial charge in [0.1, 0.15) is 5.82 Å². The van der Waals surface area contributed by atoms with Gasteiger partial charge in [-0.3, -0.25) is 0 Å². The number of carbonyl (C=O) groups is 1. The van der Waals surface area contributed by atoms with Crippen LogP contribution in [0.3, 0.4) is 0 Å². The second-order valence-electron chi connectivity index (χ2n) is 4.02. The van der Waals surface area contributed by atoms with Gasteiger partial charge in [0.05, 0.1) is 5.56 Å². The molecule has 0 aliphatic rings. The first-order chi connectivity index (χ1) is 8.67. The van der Waals surface area contributed by atoms with E-state index >= 15 is 0 Å². The molecule has 0 saturated heterocycles. The Morgan fingerprint density at radius 1 is 1.33 bits per heavy atom. The lowest BCUT2D eigenvalue weighted by atomic mass is 10.2. The summed E-state index contributed by atoms with van der Waals surface area (Å²) in [5, 5.41) is 15.4. The van der Waals surface area contributed by atoms with Gasteiger partial charge in [0.15, 0.2) is 0 Å². The van der Waals surface area contributed by atoms with Crippen LogP contribution in [0.4, 0.5) is 5.82 Å². The van der Waals surface area contributed by atoms with Crippen LogP contribution in [0.1, 0.15) is 36.3 Å². The van der Waals surface area contributed by atoms with Crippen LogP contribution in [0.25, 0.3) is 0 Å². The maximum Gasteiger partial charge on any atom is 0.335 e. The van der Waals surface area contributed by atoms with E-state index in [1.54, 1.807) is 12.1 Å². The number of aromatic carboxylic acids is 1. The van der Waals surface area contributed by atoms with E-state index in [1.165, 1.54) is 0 Å². The number of anilines is 1. The molecule has 1 aromatic heterocycles. The highest BCUT2D eigenvalue weighted by atomic mass is 16.4. The van der Waals surface area contributed by atoms with Gasteiger partial charge in [0.25, 0.3) is 0 Å². The van der Waals surface area contributed by atoms with Crippen molar-refractivity contribution in [2.45, 2.75) is 26.7 Å². The minimum Gasteiger partial charge on any atom is -0.478 e. The summed E-state index contributed by atoms with van der Waals surface area (Å²) in [5.41, 5.74) is 1.08. The first kappa shape index (κ1) is 14.4. The number of pyridine rings is 1. The number of hydrogen-bond donors (Lipinski definition) is 3. The maximum atomic E-state index is 11.0. The molecule has 0 radical (unpaired) electrons. The second-order valence-corrected chi connectivity index (χ2v) is 4.02. The topological polar surface area (TPSA) is 74.2 Å². The molecule has 3 N–H and O–H groups in total. The lowest BCUT2D eigenvalue weighted by molar-refractivity contribution is 0.0696. The van der Waals surface area contributed by atoms with Crippen molar-refractivity contribution in [2.24, 2.45) is 0 Å². The highest BCUT2D eigenvalue weighted by molar-refractivity contribution is 5.88. The lowest BCUT2D eigenvalue weighted by Gasteiger charge is -2.08. The van der Waals surface area contributed by atoms with Crippen LogP contribution in [0.15, 0.2) is 12.1 Å². The number of hydrogen-bond acceptors (Lipinski definition) is 4. The minimum absolute atomic E-state index is 0.288. The molecule has 0 saturated carbocycles. The van der Waals surface area contributed by atoms with Crippen LogP contribution in [0, 0.1) is 0 Å². The van der Waals surface area contributed by atoms with Crippen LogP contribution in [-0.2, 0) is 6.42 Å². The predicted octanol–water partition coefficient (Wildman–Crippen LogP) is 1.75. The summed E-state index contributed by atoms with van der Waals surface area (Å²) in [4.78, 5) is 15.3. The van der Waals surface area contributed by atoms with Crippen molar-refractivity contribution in [2.75, 3.05) is 25.0 Å². The highest BCUT2D eigenvalue weighted by Gasteiger charge is 2.07. The molecule has 0 aromatic carbocycles. The number of carboxylic acids is 1. The zero-order valence-corrected chi connectivity index (χ0v) is 11.0. The monoisotopic (exact) mass is 251 g/mol. The Labute approximate surface area is 108 Å². The fraction of sp³-hybridized carbons (Fsp3) is 0.538. The molecule has 1 heterocycles. The Morgan fingerprint density at radius 3 is 2.72 bits per heavy atom. The zero-order valence-electron chi connectivity index (χ0n) is 11.0. The van der Waals surface area contributed by atoms with E-state index in [-0.39, 0.29) is 5.56 Å². The molecule has 0 amide bonds. The maximum absolute atomic E-state index is 11.0. The Bertz CT molecular complexity index is 394. The number of carboxylic acid groups (broad SMARTS) is 1. The van der Waals surface area contributed by atoms with Gasteiger partial charge in [-0.05, 0) is 38.1 Å². The fourth-order valence-corrected chi connectivity index (χ4v) is 1.59. The molecule has 0 spiro atoms. The lowest BCUT2D eigenvalue weighted by Crippen LogP contribution is -2.17. The average molecular weight is 251 g/mol. The smallest absolute Gasteiger partial charge is 0.335 e. The van der Waals surface area contributed by atoms with Gasteiger partial charge < -0.3 is 15.7 Å². The minimum atomic E-state index is -0.914. The third kappa shape index (κ3) is 4.71. The summed E-state index contributed by atoms with van der Waals surface area (Å²) >= 11 is 0. The van der Waals surface area contributed by atoms with Gasteiger partial charge in [-0.2, -0.15) is 0 Å². The van der Waals surface area contributed by atoms with Gasteiger partial charge in [-0.15, -0.1) is 0 Å². The van der Waals surface area contributed by atoms with Gasteiger partial charge in [-0.1, -0.05) is 13.8 Å². The Kier molecular flexibility index (Phi) is 6.14. The third-order valence-corrected chi connectivity index (χ3v) is 2.57. The second kappa shape index (κ2) is 7.66. The van der Waals surface area contributed by atoms with Crippen LogP contribution in [0.5, 0.6) is 0 Å². The molecule has 1 aromatic rings. The Hall–Kier alpha value is -1.62. The van der Waals surface area contributed by atoms with E-state index in [9.17, 15) is 4.79 Å². The standard InChI is InChI=1S/C13H21N3O2/c1-3-11-8-10(13(17)18)9-12(16-11)15-7-5-6-14-4-2/h8-9,14H,3-7H2,1-2H3,(H,15,16)(H,17,18). The summed E-state index contributed by atoms with van der Waals surface area (Å²) in [6, 6.07) is 3.20. The molecule has 0 atom stereocenters. The van der Waals surface area contributed by atoms with Crippen molar-refractivity contribution in [3.8, 4) is 0 Å². The summed E-state index contributed by atoms with van der Waals surface area (Å²) in [7, 11) is 0. The normalized spacial score (nSPS) is 10.3. The first-order valence-electron chi connectivity index (χ1n) is 6.36. The molecule has 0 fully saturated rings. The van der Waals surface area contributed by atoms with Crippen molar-refractivity contribution in [3.63, 3.8) is 0 Å². The summed E-state index contributed by atoms with van der Waals surface area (Å²) < 4.78 is 0. The molecule has 0 bridgehead atoms. The van der Waals surface area contributed by atoms with E-state index in [4.69, 9.17) is 5.11 Å². The van der Waals surface area contributed by atoms with Crippen molar-refractivity contribution >= 4 is 11.8 Å². The molecule has 100 valence electrons. The molecule has 0 aliphatic heterocycles. The molecule has 18 heavy (non-hydrogen) atoms. The molecule has 0 aliphatic carbocycles. The highest BCUT2D eigenvalue weighted by Crippen LogP contribution is 2.11. The van der Waals surface area contributed by atoms with Gasteiger partial charge >= 0.3 is 5.97 Å². The van der Waals surface area contributed by atoms with Crippen molar-refractivity contribution in [1.29, 1.82) is 0 Å². The quantitative estimate of drug-likeness (QED) is 0.614. The number of aryl methyl sites for hydroxylation is 1. The van der Waals surface area contributed by atoms with Crippen LogP contribution >= 0.6 is 0 Å². The summed E-state index contributed by atoms with van der Waals surface area (Å²) in [6.07, 6.45) is 1.71. The number of nitrogens with zero attached hydrogens (tertiary/aromatic N) is 1. The van der Waals surface area contributed by atoms with E-state index in [0.29, 0.717) is 5.82 Å². The van der Waals surface area contributed by atoms with Crippen molar-refractivity contribution in [1.82, 2.24) is 10.3 Å². The number of nitrogens with one attached hydrogen (secondary N) is 2. The van der Waals surface area contributed by atoms with Gasteiger partial charge in [-0.25, -0.2) is 9.78 Å². The number of aromatic nitrogens is 1. The molecule has 5 nitrogen and oxygen atoms in total. The van der Waals surface area contributed by atoms with E-state index in [0.717, 1.165) is 38.2 Å². The van der Waals surface area contributed by atoms with Crippen molar-refractivity contribution in [3.05, 3.63) is 23.4 Å². The Balaban J connectivity index is 2.58. The summed E-state index contributed by atoms with van der Waals surface area (Å²) in [6.45, 7) is 6.73. The third-order valence-electron chi connectivity index (χ3n) is 2.57. The largest absolute Gasteiger partial charge is 0.478 e. The SMILES string of the molecule is CCNCCCNc1cc(C(=O)O)cc(CC)n1. The summed E-state index contributed by atoms with van der Waals surface area (Å²) in [5.74, 6) is -0.272.